The lowest BCUT2D eigenvalue weighted by Gasteiger charge is -2.00. The Morgan fingerprint density at radius 1 is 1.31 bits per heavy atom. The molecule has 0 saturated carbocycles. The van der Waals surface area contributed by atoms with E-state index in [0.29, 0.717) is 11.7 Å². The van der Waals surface area contributed by atoms with Gasteiger partial charge in [-0.05, 0) is 26.3 Å². The number of hydrogen-bond donors (Lipinski definition) is 2. The minimum absolute atomic E-state index is 0.619. The third kappa shape index (κ3) is 1.91. The lowest BCUT2D eigenvalue weighted by atomic mass is 10.2. The Bertz CT molecular complexity index is 500. The molecule has 0 saturated heterocycles. The molecule has 6 nitrogen and oxygen atoms in total. The fourth-order valence-corrected chi connectivity index (χ4v) is 2.08. The van der Waals surface area contributed by atoms with Gasteiger partial charge in [-0.25, -0.2) is 5.84 Å². The summed E-state index contributed by atoms with van der Waals surface area (Å²) in [4.78, 5) is 0. The minimum Gasteiger partial charge on any atom is -0.298 e. The van der Waals surface area contributed by atoms with Crippen LogP contribution in [0.15, 0.2) is 0 Å². The van der Waals surface area contributed by atoms with E-state index in [-0.39, 0.29) is 0 Å². The van der Waals surface area contributed by atoms with Gasteiger partial charge in [-0.15, -0.1) is 10.2 Å². The Labute approximate surface area is 97.5 Å². The van der Waals surface area contributed by atoms with Crippen molar-refractivity contribution < 1.29 is 0 Å². The van der Waals surface area contributed by atoms with Crippen LogP contribution in [-0.4, -0.2) is 20.0 Å². The Morgan fingerprint density at radius 3 is 2.56 bits per heavy atom. The van der Waals surface area contributed by atoms with Crippen molar-refractivity contribution in [3.8, 4) is 0 Å². The highest BCUT2D eigenvalue weighted by atomic mass is 32.1. The van der Waals surface area contributed by atoms with Gasteiger partial charge < -0.3 is 0 Å². The van der Waals surface area contributed by atoms with Crippen molar-refractivity contribution in [3.05, 3.63) is 22.0 Å². The van der Waals surface area contributed by atoms with Crippen LogP contribution in [0.3, 0.4) is 0 Å². The van der Waals surface area contributed by atoms with Gasteiger partial charge in [0.05, 0.1) is 12.2 Å². The maximum atomic E-state index is 5.25. The number of hydrazine groups is 1. The molecular formula is C9H14N6S. The van der Waals surface area contributed by atoms with E-state index in [2.05, 4.69) is 34.6 Å². The second-order valence-corrected chi connectivity index (χ2v) is 4.66. The van der Waals surface area contributed by atoms with Crippen molar-refractivity contribution in [2.24, 2.45) is 5.84 Å². The van der Waals surface area contributed by atoms with Crippen LogP contribution < -0.4 is 11.3 Å². The van der Waals surface area contributed by atoms with Gasteiger partial charge in [0.2, 0.25) is 5.13 Å². The number of aromatic nitrogens is 4. The zero-order chi connectivity index (χ0) is 11.7. The van der Waals surface area contributed by atoms with Crippen LogP contribution in [0.1, 0.15) is 22.0 Å². The molecule has 0 bridgehead atoms. The molecule has 0 amide bonds. The van der Waals surface area contributed by atoms with Crippen LogP contribution in [-0.2, 0) is 6.54 Å². The maximum Gasteiger partial charge on any atom is 0.219 e. The topological polar surface area (TPSA) is 81.7 Å². The van der Waals surface area contributed by atoms with E-state index in [1.807, 2.05) is 11.6 Å². The van der Waals surface area contributed by atoms with Gasteiger partial charge in [0.25, 0.3) is 0 Å². The number of aryl methyl sites for hydroxylation is 1. The summed E-state index contributed by atoms with van der Waals surface area (Å²) in [6.45, 7) is 6.77. The minimum atomic E-state index is 0.619. The average molecular weight is 238 g/mol. The molecule has 0 aromatic carbocycles. The highest BCUT2D eigenvalue weighted by Crippen LogP contribution is 2.17. The number of anilines is 1. The SMILES string of the molecule is Cc1nn(Cc2nnc(NN)s2)c(C)c1C. The predicted molar refractivity (Wildman–Crippen MR) is 63.3 cm³/mol. The van der Waals surface area contributed by atoms with E-state index < -0.39 is 0 Å². The third-order valence-electron chi connectivity index (χ3n) is 2.62. The van der Waals surface area contributed by atoms with Gasteiger partial charge in [-0.2, -0.15) is 5.10 Å². The van der Waals surface area contributed by atoms with Crippen LogP contribution in [0.5, 0.6) is 0 Å². The lowest BCUT2D eigenvalue weighted by molar-refractivity contribution is 0.651. The van der Waals surface area contributed by atoms with Crippen molar-refractivity contribution in [3.63, 3.8) is 0 Å². The first kappa shape index (κ1) is 11.0. The molecule has 2 rings (SSSR count). The van der Waals surface area contributed by atoms with E-state index in [1.165, 1.54) is 16.9 Å². The summed E-state index contributed by atoms with van der Waals surface area (Å²) in [6, 6.07) is 0. The van der Waals surface area contributed by atoms with Crippen LogP contribution >= 0.6 is 11.3 Å². The molecule has 86 valence electrons. The molecule has 0 aliphatic rings. The molecule has 2 aromatic rings. The van der Waals surface area contributed by atoms with Crippen LogP contribution in [0.4, 0.5) is 5.13 Å². The first-order chi connectivity index (χ1) is 7.61. The monoisotopic (exact) mass is 238 g/mol. The lowest BCUT2D eigenvalue weighted by Crippen LogP contribution is -2.05. The van der Waals surface area contributed by atoms with Crippen LogP contribution in [0, 0.1) is 20.8 Å². The zero-order valence-electron chi connectivity index (χ0n) is 9.48. The molecule has 0 atom stereocenters. The first-order valence-electron chi connectivity index (χ1n) is 4.91. The summed E-state index contributed by atoms with van der Waals surface area (Å²) in [6.07, 6.45) is 0. The number of nitrogens with one attached hydrogen (secondary N) is 1. The Balaban J connectivity index is 2.23. The highest BCUT2D eigenvalue weighted by molar-refractivity contribution is 7.15. The number of nitrogens with zero attached hydrogens (tertiary/aromatic N) is 4. The number of nitrogens with two attached hydrogens (primary N) is 1. The van der Waals surface area contributed by atoms with Gasteiger partial charge in [-0.1, -0.05) is 11.3 Å². The van der Waals surface area contributed by atoms with Crippen LogP contribution in [0.25, 0.3) is 0 Å². The summed E-state index contributed by atoms with van der Waals surface area (Å²) in [5.74, 6) is 5.25. The van der Waals surface area contributed by atoms with E-state index in [0.717, 1.165) is 16.4 Å². The smallest absolute Gasteiger partial charge is 0.219 e. The summed E-state index contributed by atoms with van der Waals surface area (Å²) in [5, 5.41) is 13.9. The largest absolute Gasteiger partial charge is 0.298 e. The Kier molecular flexibility index (Phi) is 2.88. The molecule has 2 heterocycles. The normalized spacial score (nSPS) is 10.8. The molecule has 3 N–H and O–H groups in total. The van der Waals surface area contributed by atoms with Crippen molar-refractivity contribution in [2.75, 3.05) is 5.43 Å². The second-order valence-electron chi connectivity index (χ2n) is 3.60. The maximum absolute atomic E-state index is 5.25. The quantitative estimate of drug-likeness (QED) is 0.615. The molecule has 7 heteroatoms. The third-order valence-corrected chi connectivity index (χ3v) is 3.46. The molecule has 0 spiro atoms. The van der Waals surface area contributed by atoms with Crippen LogP contribution in [0.2, 0.25) is 0 Å². The van der Waals surface area contributed by atoms with E-state index in [4.69, 9.17) is 5.84 Å². The number of rotatable bonds is 3. The first-order valence-corrected chi connectivity index (χ1v) is 5.73. The van der Waals surface area contributed by atoms with Crippen molar-refractivity contribution in [1.82, 2.24) is 20.0 Å². The standard InChI is InChI=1S/C9H14N6S/c1-5-6(2)14-15(7(5)3)4-8-12-13-9(11-10)16-8/h4,10H2,1-3H3,(H,11,13). The Hall–Kier alpha value is -1.47. The van der Waals surface area contributed by atoms with Gasteiger partial charge in [0, 0.05) is 5.69 Å². The van der Waals surface area contributed by atoms with Crippen molar-refractivity contribution in [2.45, 2.75) is 27.3 Å². The number of nitrogen functional groups attached to an aromatic ring is 1. The molecule has 0 unspecified atom stereocenters. The fraction of sp³-hybridized carbons (Fsp3) is 0.444. The highest BCUT2D eigenvalue weighted by Gasteiger charge is 2.10. The summed E-state index contributed by atoms with van der Waals surface area (Å²) in [7, 11) is 0. The van der Waals surface area contributed by atoms with Crippen molar-refractivity contribution in [1.29, 1.82) is 0 Å². The molecule has 0 aliphatic carbocycles. The Morgan fingerprint density at radius 2 is 2.06 bits per heavy atom. The second kappa shape index (κ2) is 4.18. The van der Waals surface area contributed by atoms with Gasteiger partial charge in [0.1, 0.15) is 5.01 Å². The summed E-state index contributed by atoms with van der Waals surface area (Å²) < 4.78 is 1.94. The molecule has 2 aromatic heterocycles. The molecule has 0 radical (unpaired) electrons. The van der Waals surface area contributed by atoms with E-state index in [1.54, 1.807) is 0 Å². The molecular weight excluding hydrogens is 224 g/mol. The average Bonchev–Trinajstić information content (AvgIpc) is 2.81. The predicted octanol–water partition coefficient (Wildman–Crippen LogP) is 0.994. The van der Waals surface area contributed by atoms with Gasteiger partial charge >= 0.3 is 0 Å². The van der Waals surface area contributed by atoms with Gasteiger partial charge in [0.15, 0.2) is 0 Å². The molecule has 0 fully saturated rings. The number of hydrogen-bond acceptors (Lipinski definition) is 6. The fourth-order valence-electron chi connectivity index (χ4n) is 1.44. The van der Waals surface area contributed by atoms with E-state index in [9.17, 15) is 0 Å². The summed E-state index contributed by atoms with van der Waals surface area (Å²) >= 11 is 1.43. The molecule has 0 aliphatic heterocycles. The van der Waals surface area contributed by atoms with Crippen molar-refractivity contribution >= 4 is 16.5 Å². The summed E-state index contributed by atoms with van der Waals surface area (Å²) in [5.41, 5.74) is 5.92. The van der Waals surface area contributed by atoms with E-state index >= 15 is 0 Å². The molecule has 16 heavy (non-hydrogen) atoms. The zero-order valence-corrected chi connectivity index (χ0v) is 10.3. The van der Waals surface area contributed by atoms with Gasteiger partial charge in [-0.3, -0.25) is 10.1 Å².